The molecule has 0 radical (unpaired) electrons. The Bertz CT molecular complexity index is 904. The van der Waals surface area contributed by atoms with Crippen molar-refractivity contribution in [3.8, 4) is 28.4 Å². The van der Waals surface area contributed by atoms with Gasteiger partial charge in [0.2, 0.25) is 0 Å². The Kier molecular flexibility index (Phi) is 3.31. The Labute approximate surface area is 134 Å². The number of benzene rings is 2. The van der Waals surface area contributed by atoms with E-state index in [-0.39, 0.29) is 0 Å². The van der Waals surface area contributed by atoms with Crippen molar-refractivity contribution in [2.75, 3.05) is 0 Å². The van der Waals surface area contributed by atoms with E-state index in [1.807, 2.05) is 47.1 Å². The van der Waals surface area contributed by atoms with Crippen molar-refractivity contribution in [3.05, 3.63) is 84.6 Å². The molecular formula is C20H16N2O. The van der Waals surface area contributed by atoms with Crippen molar-refractivity contribution in [3.63, 3.8) is 0 Å². The molecule has 0 unspecified atom stereocenters. The highest BCUT2D eigenvalue weighted by atomic mass is 16.3. The predicted molar refractivity (Wildman–Crippen MR) is 91.4 cm³/mol. The van der Waals surface area contributed by atoms with Gasteiger partial charge in [0.15, 0.2) is 5.76 Å². The molecule has 2 aromatic heterocycles. The van der Waals surface area contributed by atoms with Gasteiger partial charge in [0.25, 0.3) is 0 Å². The van der Waals surface area contributed by atoms with Crippen LogP contribution in [0.1, 0.15) is 5.56 Å². The first-order chi connectivity index (χ1) is 11.3. The van der Waals surface area contributed by atoms with Gasteiger partial charge in [-0.2, -0.15) is 5.10 Å². The van der Waals surface area contributed by atoms with E-state index in [1.165, 1.54) is 5.56 Å². The summed E-state index contributed by atoms with van der Waals surface area (Å²) in [5.41, 5.74) is 5.22. The van der Waals surface area contributed by atoms with Gasteiger partial charge in [0.1, 0.15) is 5.69 Å². The molecule has 4 aromatic rings. The lowest BCUT2D eigenvalue weighted by Gasteiger charge is -2.04. The van der Waals surface area contributed by atoms with Gasteiger partial charge in [0.05, 0.1) is 17.6 Å². The number of nitrogens with zero attached hydrogens (tertiary/aromatic N) is 2. The van der Waals surface area contributed by atoms with Crippen LogP contribution in [0.2, 0.25) is 0 Å². The van der Waals surface area contributed by atoms with Crippen LogP contribution in [0.3, 0.4) is 0 Å². The average molecular weight is 300 g/mol. The van der Waals surface area contributed by atoms with E-state index < -0.39 is 0 Å². The summed E-state index contributed by atoms with van der Waals surface area (Å²) in [6.45, 7) is 2.08. The maximum atomic E-state index is 5.59. The molecule has 0 fully saturated rings. The predicted octanol–water partition coefficient (Wildman–Crippen LogP) is 5.11. The second-order valence-corrected chi connectivity index (χ2v) is 5.51. The molecular weight excluding hydrogens is 284 g/mol. The van der Waals surface area contributed by atoms with E-state index in [0.717, 1.165) is 28.4 Å². The number of aryl methyl sites for hydroxylation is 1. The van der Waals surface area contributed by atoms with Gasteiger partial charge in [-0.1, -0.05) is 48.0 Å². The number of hydrogen-bond acceptors (Lipinski definition) is 2. The minimum Gasteiger partial charge on any atom is -0.463 e. The zero-order valence-corrected chi connectivity index (χ0v) is 12.8. The molecule has 0 atom stereocenters. The van der Waals surface area contributed by atoms with Gasteiger partial charge in [-0.25, -0.2) is 4.68 Å². The van der Waals surface area contributed by atoms with E-state index in [2.05, 4.69) is 37.3 Å². The Morgan fingerprint density at radius 1 is 0.870 bits per heavy atom. The molecule has 0 amide bonds. The molecule has 0 aliphatic carbocycles. The van der Waals surface area contributed by atoms with Crippen molar-refractivity contribution in [1.29, 1.82) is 0 Å². The first-order valence-electron chi connectivity index (χ1n) is 7.58. The lowest BCUT2D eigenvalue weighted by atomic mass is 10.1. The molecule has 3 nitrogen and oxygen atoms in total. The zero-order valence-electron chi connectivity index (χ0n) is 12.8. The lowest BCUT2D eigenvalue weighted by Crippen LogP contribution is -1.98. The highest BCUT2D eigenvalue weighted by Gasteiger charge is 2.14. The van der Waals surface area contributed by atoms with Crippen LogP contribution >= 0.6 is 0 Å². The van der Waals surface area contributed by atoms with Crippen LogP contribution in [0.15, 0.2) is 83.5 Å². The lowest BCUT2D eigenvalue weighted by molar-refractivity contribution is 0.577. The summed E-state index contributed by atoms with van der Waals surface area (Å²) in [7, 11) is 0. The van der Waals surface area contributed by atoms with Gasteiger partial charge in [0, 0.05) is 5.56 Å². The number of hydrogen-bond donors (Lipinski definition) is 0. The molecule has 112 valence electrons. The molecule has 0 bridgehead atoms. The molecule has 23 heavy (non-hydrogen) atoms. The third-order valence-corrected chi connectivity index (χ3v) is 3.83. The third-order valence-electron chi connectivity index (χ3n) is 3.83. The summed E-state index contributed by atoms with van der Waals surface area (Å²) in [5, 5.41) is 4.79. The summed E-state index contributed by atoms with van der Waals surface area (Å²) in [6.07, 6.45) is 1.68. The van der Waals surface area contributed by atoms with Crippen LogP contribution < -0.4 is 0 Å². The molecule has 0 aliphatic rings. The maximum absolute atomic E-state index is 5.59. The molecule has 2 heterocycles. The fraction of sp³-hybridized carbons (Fsp3) is 0.0500. The molecule has 0 saturated heterocycles. The SMILES string of the molecule is Cc1ccc(-c2cc(-c3ccco3)n(-c3ccccc3)n2)cc1. The van der Waals surface area contributed by atoms with Crippen LogP contribution in [-0.4, -0.2) is 9.78 Å². The molecule has 3 heteroatoms. The molecule has 0 spiro atoms. The zero-order chi connectivity index (χ0) is 15.6. The molecule has 0 N–H and O–H groups in total. The smallest absolute Gasteiger partial charge is 0.152 e. The molecule has 0 saturated carbocycles. The minimum atomic E-state index is 0.805. The number of furan rings is 1. The molecule has 4 rings (SSSR count). The first-order valence-corrected chi connectivity index (χ1v) is 7.58. The van der Waals surface area contributed by atoms with Gasteiger partial charge < -0.3 is 4.42 Å². The van der Waals surface area contributed by atoms with Gasteiger partial charge in [-0.05, 0) is 37.3 Å². The Balaban J connectivity index is 1.89. The second-order valence-electron chi connectivity index (χ2n) is 5.51. The quantitative estimate of drug-likeness (QED) is 0.526. The second kappa shape index (κ2) is 5.61. The van der Waals surface area contributed by atoms with Crippen molar-refractivity contribution in [2.24, 2.45) is 0 Å². The normalized spacial score (nSPS) is 10.8. The van der Waals surface area contributed by atoms with E-state index in [9.17, 15) is 0 Å². The summed E-state index contributed by atoms with van der Waals surface area (Å²) in [4.78, 5) is 0. The summed E-state index contributed by atoms with van der Waals surface area (Å²) in [6, 6.07) is 24.4. The van der Waals surface area contributed by atoms with Gasteiger partial charge in [-0.3, -0.25) is 0 Å². The van der Waals surface area contributed by atoms with E-state index >= 15 is 0 Å². The monoisotopic (exact) mass is 300 g/mol. The third kappa shape index (κ3) is 2.57. The van der Waals surface area contributed by atoms with E-state index in [1.54, 1.807) is 6.26 Å². The van der Waals surface area contributed by atoms with Crippen molar-refractivity contribution >= 4 is 0 Å². The van der Waals surface area contributed by atoms with Crippen molar-refractivity contribution < 1.29 is 4.42 Å². The first kappa shape index (κ1) is 13.6. The van der Waals surface area contributed by atoms with Crippen LogP contribution in [0.25, 0.3) is 28.4 Å². The molecule has 2 aromatic carbocycles. The van der Waals surface area contributed by atoms with Gasteiger partial charge >= 0.3 is 0 Å². The topological polar surface area (TPSA) is 31.0 Å². The van der Waals surface area contributed by atoms with E-state index in [4.69, 9.17) is 9.52 Å². The number of rotatable bonds is 3. The Morgan fingerprint density at radius 3 is 2.35 bits per heavy atom. The molecule has 0 aliphatic heterocycles. The van der Waals surface area contributed by atoms with Crippen molar-refractivity contribution in [1.82, 2.24) is 9.78 Å². The van der Waals surface area contributed by atoms with E-state index in [0.29, 0.717) is 0 Å². The van der Waals surface area contributed by atoms with Crippen LogP contribution in [0, 0.1) is 6.92 Å². The Hall–Kier alpha value is -3.07. The standard InChI is InChI=1S/C20H16N2O/c1-15-9-11-16(12-10-15)18-14-19(20-8-5-13-23-20)22(21-18)17-6-3-2-4-7-17/h2-14H,1H3. The minimum absolute atomic E-state index is 0.805. The number of aromatic nitrogens is 2. The van der Waals surface area contributed by atoms with Crippen LogP contribution in [0.4, 0.5) is 0 Å². The van der Waals surface area contributed by atoms with Gasteiger partial charge in [-0.15, -0.1) is 0 Å². The van der Waals surface area contributed by atoms with Crippen LogP contribution in [-0.2, 0) is 0 Å². The fourth-order valence-electron chi connectivity index (χ4n) is 2.61. The Morgan fingerprint density at radius 2 is 1.65 bits per heavy atom. The summed E-state index contributed by atoms with van der Waals surface area (Å²) >= 11 is 0. The summed E-state index contributed by atoms with van der Waals surface area (Å²) < 4.78 is 7.51. The number of para-hydroxylation sites is 1. The summed E-state index contributed by atoms with van der Waals surface area (Å²) in [5.74, 6) is 0.805. The fourth-order valence-corrected chi connectivity index (χ4v) is 2.61. The highest BCUT2D eigenvalue weighted by Crippen LogP contribution is 2.29. The van der Waals surface area contributed by atoms with Crippen LogP contribution in [0.5, 0.6) is 0 Å². The maximum Gasteiger partial charge on any atom is 0.152 e. The highest BCUT2D eigenvalue weighted by molar-refractivity contribution is 5.68. The average Bonchev–Trinajstić information content (AvgIpc) is 3.26. The largest absolute Gasteiger partial charge is 0.463 e. The van der Waals surface area contributed by atoms with Crippen molar-refractivity contribution in [2.45, 2.75) is 6.92 Å².